The van der Waals surface area contributed by atoms with E-state index in [0.717, 1.165) is 31.0 Å². The molecule has 1 saturated heterocycles. The molecule has 0 radical (unpaired) electrons. The molecule has 1 unspecified atom stereocenters. The number of aromatic nitrogens is 6. The molecule has 1 aliphatic rings. The molecule has 1 amide bonds. The van der Waals surface area contributed by atoms with Crippen molar-refractivity contribution in [3.63, 3.8) is 0 Å². The Bertz CT molecular complexity index is 701. The Morgan fingerprint density at radius 1 is 1.27 bits per heavy atom. The van der Waals surface area contributed by atoms with Gasteiger partial charge in [0.05, 0.1) is 18.3 Å². The number of hydrogen-bond acceptors (Lipinski definition) is 6. The molecule has 0 spiro atoms. The lowest BCUT2D eigenvalue weighted by Gasteiger charge is -2.19. The van der Waals surface area contributed by atoms with Gasteiger partial charge < -0.3 is 5.32 Å². The summed E-state index contributed by atoms with van der Waals surface area (Å²) in [5, 5.41) is 19.1. The van der Waals surface area contributed by atoms with Gasteiger partial charge in [0.1, 0.15) is 6.54 Å². The second-order valence-corrected chi connectivity index (χ2v) is 6.85. The third kappa shape index (κ3) is 4.66. The van der Waals surface area contributed by atoms with Crippen LogP contribution in [0.5, 0.6) is 0 Å². The van der Waals surface area contributed by atoms with E-state index in [0.29, 0.717) is 6.54 Å². The number of carbonyl (C=O) groups is 1. The van der Waals surface area contributed by atoms with Crippen LogP contribution in [-0.4, -0.2) is 53.9 Å². The molecule has 1 aliphatic heterocycles. The van der Waals surface area contributed by atoms with E-state index in [2.05, 4.69) is 30.8 Å². The molecule has 0 saturated carbocycles. The van der Waals surface area contributed by atoms with Crippen molar-refractivity contribution in [2.45, 2.75) is 58.2 Å². The van der Waals surface area contributed by atoms with Crippen LogP contribution in [0.15, 0.2) is 12.3 Å². The smallest absolute Gasteiger partial charge is 0.242 e. The van der Waals surface area contributed by atoms with Crippen LogP contribution in [0, 0.1) is 0 Å². The summed E-state index contributed by atoms with van der Waals surface area (Å²) >= 11 is 0. The predicted molar refractivity (Wildman–Crippen MR) is 95.9 cm³/mol. The largest absolute Gasteiger partial charge is 0.346 e. The number of rotatable bonds is 7. The maximum Gasteiger partial charge on any atom is 0.242 e. The zero-order valence-corrected chi connectivity index (χ0v) is 15.6. The van der Waals surface area contributed by atoms with E-state index in [4.69, 9.17) is 0 Å². The quantitative estimate of drug-likeness (QED) is 0.793. The second kappa shape index (κ2) is 8.88. The molecule has 0 bridgehead atoms. The van der Waals surface area contributed by atoms with Gasteiger partial charge in [-0.1, -0.05) is 19.8 Å². The van der Waals surface area contributed by atoms with E-state index in [1.54, 1.807) is 15.6 Å². The molecule has 0 aromatic carbocycles. The molecular formula is C17H28N8O. The van der Waals surface area contributed by atoms with Gasteiger partial charge in [-0.15, -0.1) is 5.10 Å². The molecule has 1 atom stereocenters. The Labute approximate surface area is 153 Å². The lowest BCUT2D eigenvalue weighted by atomic mass is 10.1. The van der Waals surface area contributed by atoms with Crippen molar-refractivity contribution < 1.29 is 4.79 Å². The number of hydrogen-bond donors (Lipinski definition) is 1. The summed E-state index contributed by atoms with van der Waals surface area (Å²) in [5.41, 5.74) is 0.988. The van der Waals surface area contributed by atoms with Crippen LogP contribution < -0.4 is 5.32 Å². The third-order valence-corrected chi connectivity index (χ3v) is 4.92. The van der Waals surface area contributed by atoms with Gasteiger partial charge in [0, 0.05) is 13.2 Å². The topological polar surface area (TPSA) is 93.8 Å². The summed E-state index contributed by atoms with van der Waals surface area (Å²) in [5.74, 6) is 0.651. The molecule has 2 aromatic heterocycles. The molecule has 3 rings (SSSR count). The first kappa shape index (κ1) is 18.5. The fourth-order valence-corrected chi connectivity index (χ4v) is 3.44. The average Bonchev–Trinajstić information content (AvgIpc) is 3.15. The van der Waals surface area contributed by atoms with Gasteiger partial charge in [0.2, 0.25) is 5.91 Å². The van der Waals surface area contributed by atoms with Crippen LogP contribution in [-0.2, 0) is 24.9 Å². The Morgan fingerprint density at radius 2 is 2.04 bits per heavy atom. The highest BCUT2D eigenvalue weighted by molar-refractivity contribution is 5.76. The van der Waals surface area contributed by atoms with Crippen LogP contribution >= 0.6 is 0 Å². The first-order chi connectivity index (χ1) is 12.7. The molecular weight excluding hydrogens is 332 g/mol. The highest BCUT2D eigenvalue weighted by Crippen LogP contribution is 2.15. The zero-order chi connectivity index (χ0) is 18.4. The Balaban J connectivity index is 1.59. The van der Waals surface area contributed by atoms with E-state index in [1.807, 2.05) is 20.0 Å². The summed E-state index contributed by atoms with van der Waals surface area (Å²) < 4.78 is 3.40. The van der Waals surface area contributed by atoms with Gasteiger partial charge in [-0.2, -0.15) is 5.10 Å². The molecule has 142 valence electrons. The van der Waals surface area contributed by atoms with Crippen LogP contribution in [0.25, 0.3) is 0 Å². The zero-order valence-electron chi connectivity index (χ0n) is 15.6. The minimum atomic E-state index is -0.0949. The predicted octanol–water partition coefficient (Wildman–Crippen LogP) is 1.05. The summed E-state index contributed by atoms with van der Waals surface area (Å²) in [6, 6.07) is 1.86. The molecule has 0 aliphatic carbocycles. The molecule has 2 aromatic rings. The second-order valence-electron chi connectivity index (χ2n) is 6.85. The number of carbonyl (C=O) groups excluding carboxylic acids is 1. The van der Waals surface area contributed by atoms with Crippen molar-refractivity contribution in [2.75, 3.05) is 13.1 Å². The van der Waals surface area contributed by atoms with E-state index < -0.39 is 0 Å². The van der Waals surface area contributed by atoms with E-state index >= 15 is 0 Å². The lowest BCUT2D eigenvalue weighted by molar-refractivity contribution is -0.122. The van der Waals surface area contributed by atoms with Gasteiger partial charge in [0.25, 0.3) is 0 Å². The van der Waals surface area contributed by atoms with Crippen LogP contribution in [0.4, 0.5) is 0 Å². The lowest BCUT2D eigenvalue weighted by Crippen LogP contribution is -2.34. The normalized spacial score (nSPS) is 17.0. The molecule has 9 heteroatoms. The Morgan fingerprint density at radius 3 is 2.69 bits per heavy atom. The first-order valence-corrected chi connectivity index (χ1v) is 9.42. The maximum atomic E-state index is 12.5. The highest BCUT2D eigenvalue weighted by atomic mass is 16.2. The standard InChI is InChI=1S/C17H28N8O/c1-3-14(15-8-9-18-23(15)2)19-17(26)13-25-16(20-21-22-25)12-24-10-6-4-5-7-11-24/h8-9,14H,3-7,10-13H2,1-2H3,(H,19,26). The van der Waals surface area contributed by atoms with E-state index in [-0.39, 0.29) is 18.5 Å². The fourth-order valence-electron chi connectivity index (χ4n) is 3.44. The number of amides is 1. The minimum Gasteiger partial charge on any atom is -0.346 e. The number of nitrogens with zero attached hydrogens (tertiary/aromatic N) is 7. The van der Waals surface area contributed by atoms with E-state index in [1.165, 1.54) is 25.7 Å². The molecule has 1 fully saturated rings. The summed E-state index contributed by atoms with van der Waals surface area (Å²) in [4.78, 5) is 14.9. The van der Waals surface area contributed by atoms with Gasteiger partial charge in [-0.25, -0.2) is 4.68 Å². The molecule has 26 heavy (non-hydrogen) atoms. The average molecular weight is 360 g/mol. The van der Waals surface area contributed by atoms with Crippen molar-refractivity contribution in [1.82, 2.24) is 40.2 Å². The first-order valence-electron chi connectivity index (χ1n) is 9.42. The molecule has 3 heterocycles. The number of tetrazole rings is 1. The van der Waals surface area contributed by atoms with Crippen LogP contribution in [0.3, 0.4) is 0 Å². The molecule has 1 N–H and O–H groups in total. The van der Waals surface area contributed by atoms with Crippen molar-refractivity contribution in [1.29, 1.82) is 0 Å². The van der Waals surface area contributed by atoms with Crippen molar-refractivity contribution in [2.24, 2.45) is 7.05 Å². The highest BCUT2D eigenvalue weighted by Gasteiger charge is 2.19. The number of nitrogens with one attached hydrogen (secondary N) is 1. The summed E-state index contributed by atoms with van der Waals surface area (Å²) in [6.07, 6.45) is 7.54. The summed E-state index contributed by atoms with van der Waals surface area (Å²) in [6.45, 7) is 5.00. The van der Waals surface area contributed by atoms with Crippen LogP contribution in [0.1, 0.15) is 56.6 Å². The third-order valence-electron chi connectivity index (χ3n) is 4.92. The van der Waals surface area contributed by atoms with Crippen molar-refractivity contribution in [3.8, 4) is 0 Å². The van der Waals surface area contributed by atoms with Gasteiger partial charge in [-0.3, -0.25) is 14.4 Å². The van der Waals surface area contributed by atoms with Crippen molar-refractivity contribution in [3.05, 3.63) is 23.8 Å². The van der Waals surface area contributed by atoms with Gasteiger partial charge in [0.15, 0.2) is 5.82 Å². The fraction of sp³-hybridized carbons (Fsp3) is 0.706. The Kier molecular flexibility index (Phi) is 6.32. The summed E-state index contributed by atoms with van der Waals surface area (Å²) in [7, 11) is 1.88. The van der Waals surface area contributed by atoms with Gasteiger partial charge >= 0.3 is 0 Å². The number of aryl methyl sites for hydroxylation is 1. The van der Waals surface area contributed by atoms with E-state index in [9.17, 15) is 4.79 Å². The monoisotopic (exact) mass is 360 g/mol. The minimum absolute atomic E-state index is 0.0689. The number of likely N-dealkylation sites (tertiary alicyclic amines) is 1. The Hall–Kier alpha value is -2.29. The molecule has 9 nitrogen and oxygen atoms in total. The SMILES string of the molecule is CCC(NC(=O)Cn1nnnc1CN1CCCCCC1)c1ccnn1C. The van der Waals surface area contributed by atoms with Crippen molar-refractivity contribution >= 4 is 5.91 Å². The van der Waals surface area contributed by atoms with Crippen LogP contribution in [0.2, 0.25) is 0 Å². The van der Waals surface area contributed by atoms with Gasteiger partial charge in [-0.05, 0) is 48.8 Å². The maximum absolute atomic E-state index is 12.5.